The van der Waals surface area contributed by atoms with Crippen LogP contribution in [0.2, 0.25) is 0 Å². The average Bonchev–Trinajstić information content (AvgIpc) is 2.45. The molecule has 0 amide bonds. The fourth-order valence-corrected chi connectivity index (χ4v) is 0. The van der Waals surface area contributed by atoms with Crippen molar-refractivity contribution in [2.24, 2.45) is 0 Å². The summed E-state index contributed by atoms with van der Waals surface area (Å²) < 4.78 is 0. The van der Waals surface area contributed by atoms with Crippen LogP contribution in [0.5, 0.6) is 0 Å². The van der Waals surface area contributed by atoms with Crippen molar-refractivity contribution >= 4 is 0 Å². The van der Waals surface area contributed by atoms with Gasteiger partial charge in [0.1, 0.15) is 0 Å². The summed E-state index contributed by atoms with van der Waals surface area (Å²) >= 11 is 4.50. The third kappa shape index (κ3) is 23900. The molecule has 0 N–H and O–H groups in total. The molecule has 0 atom stereocenters. The molecule has 0 rings (SSSR count). The predicted octanol–water partition coefficient (Wildman–Crippen LogP) is -2.42. The van der Waals surface area contributed by atoms with Gasteiger partial charge in [0.05, 0.1) is 0 Å². The second-order valence-corrected chi connectivity index (χ2v) is 0. The smallest absolute Gasteiger partial charge is 1.00 e. The molecule has 0 heterocycles. The van der Waals surface area contributed by atoms with E-state index in [2.05, 4.69) is 13.2 Å². The molecule has 0 radical (unpaired) electrons. The Morgan fingerprint density at radius 2 is 0.467 bits per heavy atom. The molecule has 0 aliphatic rings. The van der Waals surface area contributed by atoms with Crippen molar-refractivity contribution in [3.8, 4) is 0 Å². The number of nitrogens with zero attached hydrogens (tertiary/aromatic N) is 6. The van der Waals surface area contributed by atoms with Crippen LogP contribution < -0.4 is 51.4 Å². The zero-order chi connectivity index (χ0) is 14.0. The summed E-state index contributed by atoms with van der Waals surface area (Å²) in [5, 5.41) is 37.5. The molecule has 0 saturated carbocycles. The van der Waals surface area contributed by atoms with Gasteiger partial charge in [-0.15, -0.1) is 0 Å². The molecule has 0 aromatic rings. The van der Waals surface area contributed by atoms with E-state index in [1.165, 1.54) is 0 Å². The zero-order valence-electron chi connectivity index (χ0n) is 7.74. The van der Waals surface area contributed by atoms with E-state index in [1.807, 2.05) is 0 Å². The Hall–Kier alpha value is -0.281. The van der Waals surface area contributed by atoms with Gasteiger partial charge in [0.25, 0.3) is 0 Å². The van der Waals surface area contributed by atoms with Crippen LogP contribution in [0.3, 0.4) is 0 Å². The standard InChI is InChI=1S/6CN.Fe.K.Zn/c6*1-2;;;/q6*-1;;+1;. The van der Waals surface area contributed by atoms with Gasteiger partial charge < -0.3 is 71.0 Å². The molecule has 0 fully saturated rings. The first-order valence-electron chi connectivity index (χ1n) is 1.59. The monoisotopic (exact) mass is 315 g/mol. The van der Waals surface area contributed by atoms with Crippen LogP contribution in [0.25, 0.3) is 0 Å². The molecule has 0 aliphatic heterocycles. The maximum atomic E-state index is 6.25. The minimum Gasteiger partial charge on any atom is 1.00 e. The molecule has 9 heteroatoms. The number of hydrogen-bond acceptors (Lipinski definition) is 6. The van der Waals surface area contributed by atoms with Crippen LogP contribution in [0.4, 0.5) is 0 Å². The Kier molecular flexibility index (Phi) is 115000. The molecule has 15 heavy (non-hydrogen) atoms. The van der Waals surface area contributed by atoms with Gasteiger partial charge in [-0.25, -0.2) is 0 Å². The minimum absolute atomic E-state index is 0. The van der Waals surface area contributed by atoms with Gasteiger partial charge in [-0.05, 0) is 0 Å². The van der Waals surface area contributed by atoms with E-state index >= 15 is 0 Å². The first kappa shape index (κ1) is 61.4. The van der Waals surface area contributed by atoms with Gasteiger partial charge in [0.2, 0.25) is 0 Å². The van der Waals surface area contributed by atoms with Crippen molar-refractivity contribution < 1.29 is 80.3 Å². The van der Waals surface area contributed by atoms with Gasteiger partial charge in [-0.1, -0.05) is 0 Å². The molecular formula is C6FeKN6Zn-5. The summed E-state index contributed by atoms with van der Waals surface area (Å²) in [5.74, 6) is 0. The maximum absolute atomic E-state index is 6.25. The first-order chi connectivity index (χ1) is 7.00. The van der Waals surface area contributed by atoms with Gasteiger partial charge in [-0.2, -0.15) is 0 Å². The van der Waals surface area contributed by atoms with E-state index < -0.39 is 0 Å². The summed E-state index contributed by atoms with van der Waals surface area (Å²) in [4.78, 5) is 0. The maximum Gasteiger partial charge on any atom is 1.00 e. The van der Waals surface area contributed by atoms with Crippen LogP contribution in [0.1, 0.15) is 0 Å². The molecule has 0 aromatic carbocycles. The van der Waals surface area contributed by atoms with Crippen molar-refractivity contribution in [3.63, 3.8) is 0 Å². The molecule has 70 valence electrons. The Morgan fingerprint density at radius 3 is 0.467 bits per heavy atom. The largest absolute Gasteiger partial charge is 1.00 e. The quantitative estimate of drug-likeness (QED) is 0.359. The van der Waals surface area contributed by atoms with Crippen molar-refractivity contribution in [1.82, 2.24) is 0 Å². The van der Waals surface area contributed by atoms with E-state index in [9.17, 15) is 0 Å². The molecule has 0 aliphatic carbocycles. The molecule has 6 nitrogen and oxygen atoms in total. The van der Waals surface area contributed by atoms with E-state index in [0.29, 0.717) is 0 Å². The Bertz CT molecular complexity index is 114. The minimum atomic E-state index is 0. The third-order valence-corrected chi connectivity index (χ3v) is 0. The molecule has 0 aromatic heterocycles. The summed E-state index contributed by atoms with van der Waals surface area (Å²) in [6.45, 7) is 28.5. The predicted molar refractivity (Wildman–Crippen MR) is 29.8 cm³/mol. The third-order valence-electron chi connectivity index (χ3n) is 0. The van der Waals surface area contributed by atoms with Gasteiger partial charge >= 0.3 is 80.3 Å². The Balaban J connectivity index is -0.00000000628. The molecular weight excluding hydrogens is 316 g/mol. The summed E-state index contributed by atoms with van der Waals surface area (Å²) in [6, 6.07) is 0. The van der Waals surface area contributed by atoms with Crippen molar-refractivity contribution in [2.45, 2.75) is 0 Å². The second-order valence-electron chi connectivity index (χ2n) is 0. The van der Waals surface area contributed by atoms with Crippen LogP contribution in [-0.2, 0) is 28.9 Å². The second kappa shape index (κ2) is 28200. The average molecular weight is 316 g/mol. The molecule has 0 spiro atoms. The summed E-state index contributed by atoms with van der Waals surface area (Å²) in [6.07, 6.45) is 0. The number of hydrogen-bond donors (Lipinski definition) is 0. The number of rotatable bonds is 0. The zero-order valence-corrected chi connectivity index (χ0v) is 14.9. The molecule has 0 saturated heterocycles. The summed E-state index contributed by atoms with van der Waals surface area (Å²) in [7, 11) is 0. The van der Waals surface area contributed by atoms with Crippen LogP contribution in [0.15, 0.2) is 0 Å². The van der Waals surface area contributed by atoms with Crippen molar-refractivity contribution in [2.75, 3.05) is 0 Å². The molecule has 0 bridgehead atoms. The Labute approximate surface area is 149 Å². The normalized spacial score (nSPS) is 1.27. The van der Waals surface area contributed by atoms with Crippen LogP contribution >= 0.6 is 0 Å². The van der Waals surface area contributed by atoms with Crippen molar-refractivity contribution in [1.29, 1.82) is 31.6 Å². The van der Waals surface area contributed by atoms with Crippen molar-refractivity contribution in [3.05, 3.63) is 39.4 Å². The van der Waals surface area contributed by atoms with E-state index in [1.54, 1.807) is 0 Å². The van der Waals surface area contributed by atoms with E-state index in [4.69, 9.17) is 71.0 Å². The van der Waals surface area contributed by atoms with E-state index in [0.717, 1.165) is 15.8 Å². The van der Waals surface area contributed by atoms with Gasteiger partial charge in [0, 0.05) is 0 Å². The van der Waals surface area contributed by atoms with Crippen LogP contribution in [0, 0.1) is 71.0 Å². The SMILES string of the molecule is [C-]#N.[C-]#N.[C-]#N.[C-]#N.[C-]#N.[C-]#N.[Fe]=[Zn].[K+]. The fourth-order valence-electron chi connectivity index (χ4n) is 0. The Morgan fingerprint density at radius 1 is 0.467 bits per heavy atom. The van der Waals surface area contributed by atoms with Gasteiger partial charge in [0.15, 0.2) is 0 Å². The van der Waals surface area contributed by atoms with Gasteiger partial charge in [-0.3, -0.25) is 0 Å². The van der Waals surface area contributed by atoms with Crippen LogP contribution in [-0.4, -0.2) is 0 Å². The molecule has 0 unspecified atom stereocenters. The topological polar surface area (TPSA) is 143 Å². The first-order valence-corrected chi connectivity index (χ1v) is 6.70. The fraction of sp³-hybridized carbons (Fsp3) is 0. The van der Waals surface area contributed by atoms with E-state index in [-0.39, 0.29) is 51.4 Å². The summed E-state index contributed by atoms with van der Waals surface area (Å²) in [5.41, 5.74) is 0.